The van der Waals surface area contributed by atoms with Gasteiger partial charge in [-0.15, -0.1) is 0 Å². The standard InChI is InChI=1S/2C23H43NO5.Ca/c2*1-2-3-4-5-6-7-8-9-10-11-12-13-14-15-16-17-22(27)29-23(28)20(24)18-19-21(25)26;/h2*20H,2-19,24H2,1H3,(H,25,26);/q;;+2/p-2. The molecule has 0 aromatic carbocycles. The summed E-state index contributed by atoms with van der Waals surface area (Å²) in [6.07, 6.45) is 37.0. The molecule has 0 spiro atoms. The van der Waals surface area contributed by atoms with E-state index >= 15 is 0 Å². The number of nitrogens with two attached hydrogens (primary N) is 2. The molecule has 0 aliphatic heterocycles. The zero-order valence-electron chi connectivity index (χ0n) is 37.6. The average Bonchev–Trinajstić information content (AvgIpc) is 3.19. The number of unbranched alkanes of at least 4 members (excludes halogenated alkanes) is 28. The summed E-state index contributed by atoms with van der Waals surface area (Å²) in [6, 6.07) is -2.20. The molecule has 0 aromatic heterocycles. The first-order valence-corrected chi connectivity index (χ1v) is 23.3. The van der Waals surface area contributed by atoms with Crippen LogP contribution in [-0.2, 0) is 38.2 Å². The minimum atomic E-state index is -1.28. The van der Waals surface area contributed by atoms with Gasteiger partial charge in [0.15, 0.2) is 0 Å². The fourth-order valence-electron chi connectivity index (χ4n) is 6.54. The van der Waals surface area contributed by atoms with Crippen LogP contribution in [0.4, 0.5) is 0 Å². The zero-order valence-corrected chi connectivity index (χ0v) is 39.8. The number of carboxylic acid groups (broad SMARTS) is 2. The summed E-state index contributed by atoms with van der Waals surface area (Å²) in [5.74, 6) is -5.47. The molecule has 0 rings (SSSR count). The van der Waals surface area contributed by atoms with Crippen molar-refractivity contribution in [2.75, 3.05) is 0 Å². The zero-order chi connectivity index (χ0) is 43.5. The van der Waals surface area contributed by atoms with Crippen LogP contribution >= 0.6 is 0 Å². The molecule has 0 heterocycles. The van der Waals surface area contributed by atoms with E-state index in [1.807, 2.05) is 0 Å². The quantitative estimate of drug-likeness (QED) is 0.0259. The van der Waals surface area contributed by atoms with Crippen molar-refractivity contribution in [2.45, 2.75) is 257 Å². The van der Waals surface area contributed by atoms with Crippen LogP contribution in [0, 0.1) is 0 Å². The van der Waals surface area contributed by atoms with Gasteiger partial charge in [0, 0.05) is 24.8 Å². The van der Waals surface area contributed by atoms with Gasteiger partial charge in [-0.3, -0.25) is 9.59 Å². The van der Waals surface area contributed by atoms with Crippen LogP contribution < -0.4 is 21.7 Å². The number of hydrogen-bond donors (Lipinski definition) is 2. The summed E-state index contributed by atoms with van der Waals surface area (Å²) in [6.45, 7) is 4.50. The Morgan fingerprint density at radius 2 is 0.576 bits per heavy atom. The molecule has 0 amide bonds. The van der Waals surface area contributed by atoms with Crippen LogP contribution in [0.15, 0.2) is 0 Å². The van der Waals surface area contributed by atoms with Crippen molar-refractivity contribution < 1.29 is 48.5 Å². The molecule has 13 heteroatoms. The van der Waals surface area contributed by atoms with Crippen LogP contribution in [0.5, 0.6) is 0 Å². The van der Waals surface area contributed by atoms with Gasteiger partial charge < -0.3 is 40.7 Å². The molecule has 0 aliphatic carbocycles. The number of carbonyl (C=O) groups is 6. The van der Waals surface area contributed by atoms with Crippen LogP contribution in [-0.4, -0.2) is 85.6 Å². The van der Waals surface area contributed by atoms with E-state index in [1.165, 1.54) is 154 Å². The maximum Gasteiger partial charge on any atom is 2.00 e. The van der Waals surface area contributed by atoms with Gasteiger partial charge in [-0.1, -0.05) is 194 Å². The van der Waals surface area contributed by atoms with Crippen LogP contribution in [0.25, 0.3) is 0 Å². The molecule has 0 fully saturated rings. The van der Waals surface area contributed by atoms with Crippen LogP contribution in [0.3, 0.4) is 0 Å². The summed E-state index contributed by atoms with van der Waals surface area (Å²) in [7, 11) is 0. The minimum Gasteiger partial charge on any atom is -0.550 e. The first-order valence-electron chi connectivity index (χ1n) is 23.3. The third kappa shape index (κ3) is 48.9. The van der Waals surface area contributed by atoms with E-state index in [0.717, 1.165) is 25.7 Å². The molecule has 340 valence electrons. The number of aliphatic carboxylic acids is 2. The summed E-state index contributed by atoms with van der Waals surface area (Å²) in [5, 5.41) is 20.7. The van der Waals surface area contributed by atoms with Gasteiger partial charge in [0.1, 0.15) is 12.1 Å². The summed E-state index contributed by atoms with van der Waals surface area (Å²) in [5.41, 5.74) is 11.0. The van der Waals surface area contributed by atoms with Crippen molar-refractivity contribution in [3.05, 3.63) is 0 Å². The largest absolute Gasteiger partial charge is 2.00 e. The Morgan fingerprint density at radius 1 is 0.373 bits per heavy atom. The molecule has 2 unspecified atom stereocenters. The Balaban J connectivity index is -0.00000105. The van der Waals surface area contributed by atoms with Crippen molar-refractivity contribution in [1.82, 2.24) is 0 Å². The number of hydrogen-bond acceptors (Lipinski definition) is 12. The van der Waals surface area contributed by atoms with E-state index in [-0.39, 0.29) is 76.3 Å². The van der Waals surface area contributed by atoms with Gasteiger partial charge in [0.25, 0.3) is 0 Å². The van der Waals surface area contributed by atoms with E-state index < -0.39 is 47.9 Å². The third-order valence-electron chi connectivity index (χ3n) is 10.3. The third-order valence-corrected chi connectivity index (χ3v) is 10.3. The topological polar surface area (TPSA) is 219 Å². The molecule has 0 radical (unpaired) electrons. The summed E-state index contributed by atoms with van der Waals surface area (Å²) in [4.78, 5) is 67.0. The first kappa shape index (κ1) is 61.7. The maximum atomic E-state index is 11.6. The van der Waals surface area contributed by atoms with Gasteiger partial charge in [-0.25, -0.2) is 9.59 Å². The first-order chi connectivity index (χ1) is 27.9. The normalized spacial score (nSPS) is 11.7. The van der Waals surface area contributed by atoms with Crippen molar-refractivity contribution in [3.63, 3.8) is 0 Å². The summed E-state index contributed by atoms with van der Waals surface area (Å²) < 4.78 is 9.29. The van der Waals surface area contributed by atoms with Crippen molar-refractivity contribution in [3.8, 4) is 0 Å². The van der Waals surface area contributed by atoms with Crippen LogP contribution in [0.1, 0.15) is 245 Å². The predicted molar refractivity (Wildman–Crippen MR) is 231 cm³/mol. The van der Waals surface area contributed by atoms with E-state index in [9.17, 15) is 39.0 Å². The Kier molecular flexibility index (Phi) is 49.6. The molecule has 59 heavy (non-hydrogen) atoms. The molecule has 12 nitrogen and oxygen atoms in total. The van der Waals surface area contributed by atoms with E-state index in [4.69, 9.17) is 11.5 Å². The SMILES string of the molecule is CCCCCCCCCCCCCCCCCC(=O)OC(=O)C(N)CCC(=O)[O-].CCCCCCCCCCCCCCCCCC(=O)OC(=O)C(N)CCC(=O)[O-].[Ca+2]. The van der Waals surface area contributed by atoms with Crippen molar-refractivity contribution in [1.29, 1.82) is 0 Å². The van der Waals surface area contributed by atoms with Crippen molar-refractivity contribution >= 4 is 73.6 Å². The van der Waals surface area contributed by atoms with Gasteiger partial charge in [0.2, 0.25) is 0 Å². The molecular formula is C46H84CaN2O10. The minimum absolute atomic E-state index is 0. The van der Waals surface area contributed by atoms with Gasteiger partial charge in [0.05, 0.1) is 0 Å². The number of carboxylic acids is 2. The van der Waals surface area contributed by atoms with Crippen LogP contribution in [0.2, 0.25) is 0 Å². The van der Waals surface area contributed by atoms with E-state index in [0.29, 0.717) is 12.8 Å². The van der Waals surface area contributed by atoms with Crippen molar-refractivity contribution in [2.24, 2.45) is 11.5 Å². The molecule has 0 saturated heterocycles. The van der Waals surface area contributed by atoms with E-state index in [1.54, 1.807) is 0 Å². The van der Waals surface area contributed by atoms with Gasteiger partial charge in [-0.2, -0.15) is 0 Å². The fourth-order valence-corrected chi connectivity index (χ4v) is 6.54. The Labute approximate surface area is 388 Å². The van der Waals surface area contributed by atoms with Gasteiger partial charge in [-0.05, 0) is 38.5 Å². The fraction of sp³-hybridized carbons (Fsp3) is 0.870. The average molecular weight is 865 g/mol. The second-order valence-corrected chi connectivity index (χ2v) is 16.0. The number of ether oxygens (including phenoxy) is 2. The molecule has 0 saturated carbocycles. The molecule has 2 atom stereocenters. The number of rotatable bonds is 40. The Morgan fingerprint density at radius 3 is 0.780 bits per heavy atom. The predicted octanol–water partition coefficient (Wildman–Crippen LogP) is 7.97. The second-order valence-electron chi connectivity index (χ2n) is 16.0. The molecule has 0 aliphatic rings. The van der Waals surface area contributed by atoms with Gasteiger partial charge >= 0.3 is 61.6 Å². The summed E-state index contributed by atoms with van der Waals surface area (Å²) >= 11 is 0. The molecular weight excluding hydrogens is 781 g/mol. The maximum absolute atomic E-state index is 11.6. The Bertz CT molecular complexity index is 965. The molecule has 4 N–H and O–H groups in total. The number of esters is 4. The molecule has 0 bridgehead atoms. The second kappa shape index (κ2) is 47.4. The van der Waals surface area contributed by atoms with E-state index in [2.05, 4.69) is 23.3 Å². The Hall–Kier alpha value is -1.60. The smallest absolute Gasteiger partial charge is 0.550 e. The monoisotopic (exact) mass is 865 g/mol. The molecule has 0 aromatic rings. The number of carbonyl (C=O) groups excluding carboxylic acids is 6.